The van der Waals surface area contributed by atoms with Crippen molar-refractivity contribution in [2.75, 3.05) is 7.05 Å². The maximum absolute atomic E-state index is 4.82. The lowest BCUT2D eigenvalue weighted by Gasteiger charge is -2.23. The second-order valence-corrected chi connectivity index (χ2v) is 6.06. The van der Waals surface area contributed by atoms with Crippen molar-refractivity contribution in [2.45, 2.75) is 70.9 Å². The molecule has 2 rings (SSSR count). The van der Waals surface area contributed by atoms with Crippen LogP contribution in [0.5, 0.6) is 0 Å². The van der Waals surface area contributed by atoms with Gasteiger partial charge in [-0.3, -0.25) is 4.68 Å². The lowest BCUT2D eigenvalue weighted by Crippen LogP contribution is -2.34. The smallest absolute Gasteiger partial charge is 0.0640 e. The third-order valence-electron chi connectivity index (χ3n) is 4.74. The van der Waals surface area contributed by atoms with Crippen LogP contribution in [-0.4, -0.2) is 22.9 Å². The van der Waals surface area contributed by atoms with Crippen molar-refractivity contribution < 1.29 is 0 Å². The van der Waals surface area contributed by atoms with E-state index in [4.69, 9.17) is 5.10 Å². The third kappa shape index (κ3) is 3.82. The van der Waals surface area contributed by atoms with Gasteiger partial charge in [0.2, 0.25) is 0 Å². The van der Waals surface area contributed by atoms with E-state index in [1.54, 1.807) is 0 Å². The number of likely N-dealkylation sites (N-methyl/N-ethyl adjacent to an activating group) is 1. The first kappa shape index (κ1) is 14.6. The second-order valence-electron chi connectivity index (χ2n) is 6.06. The lowest BCUT2D eigenvalue weighted by atomic mass is 9.95. The van der Waals surface area contributed by atoms with Gasteiger partial charge >= 0.3 is 0 Å². The summed E-state index contributed by atoms with van der Waals surface area (Å²) < 4.78 is 2.22. The highest BCUT2D eigenvalue weighted by Gasteiger charge is 2.18. The Balaban J connectivity index is 1.96. The average molecular weight is 263 g/mol. The van der Waals surface area contributed by atoms with Crippen LogP contribution in [0.15, 0.2) is 12.3 Å². The monoisotopic (exact) mass is 263 g/mol. The molecule has 1 heterocycles. The minimum atomic E-state index is 0.541. The minimum absolute atomic E-state index is 0.541. The summed E-state index contributed by atoms with van der Waals surface area (Å²) in [5.41, 5.74) is 1.24. The van der Waals surface area contributed by atoms with Gasteiger partial charge in [-0.1, -0.05) is 39.5 Å². The zero-order valence-corrected chi connectivity index (χ0v) is 12.7. The molecule has 1 saturated carbocycles. The molecule has 1 aliphatic rings. The van der Waals surface area contributed by atoms with Crippen LogP contribution in [0.4, 0.5) is 0 Å². The summed E-state index contributed by atoms with van der Waals surface area (Å²) >= 11 is 0. The molecule has 2 atom stereocenters. The van der Waals surface area contributed by atoms with Crippen LogP contribution < -0.4 is 5.32 Å². The van der Waals surface area contributed by atoms with Gasteiger partial charge < -0.3 is 5.32 Å². The van der Waals surface area contributed by atoms with Crippen molar-refractivity contribution >= 4 is 0 Å². The van der Waals surface area contributed by atoms with E-state index in [0.29, 0.717) is 18.0 Å². The Labute approximate surface area is 117 Å². The zero-order valence-electron chi connectivity index (χ0n) is 12.7. The van der Waals surface area contributed by atoms with Gasteiger partial charge in [-0.05, 0) is 31.9 Å². The number of hydrogen-bond acceptors (Lipinski definition) is 2. The molecule has 0 aliphatic heterocycles. The lowest BCUT2D eigenvalue weighted by molar-refractivity contribution is 0.325. The molecule has 0 aromatic carbocycles. The fourth-order valence-electron chi connectivity index (χ4n) is 3.13. The Hall–Kier alpha value is -0.830. The van der Waals surface area contributed by atoms with E-state index in [1.165, 1.54) is 44.2 Å². The number of hydrogen-bond donors (Lipinski definition) is 1. The molecule has 1 aromatic heterocycles. The van der Waals surface area contributed by atoms with Gasteiger partial charge in [-0.15, -0.1) is 0 Å². The molecule has 0 amide bonds. The van der Waals surface area contributed by atoms with Crippen molar-refractivity contribution in [1.29, 1.82) is 0 Å². The molecule has 1 N–H and O–H groups in total. The molecule has 1 aliphatic carbocycles. The van der Waals surface area contributed by atoms with E-state index >= 15 is 0 Å². The van der Waals surface area contributed by atoms with E-state index in [-0.39, 0.29) is 0 Å². The first-order valence-electron chi connectivity index (χ1n) is 7.96. The van der Waals surface area contributed by atoms with Gasteiger partial charge in [0.25, 0.3) is 0 Å². The quantitative estimate of drug-likeness (QED) is 0.850. The van der Waals surface area contributed by atoms with Crippen molar-refractivity contribution in [3.63, 3.8) is 0 Å². The Morgan fingerprint density at radius 2 is 2.11 bits per heavy atom. The highest BCUT2D eigenvalue weighted by molar-refractivity contribution is 5.03. The van der Waals surface area contributed by atoms with Crippen LogP contribution in [0, 0.1) is 5.92 Å². The predicted molar refractivity (Wildman–Crippen MR) is 80.4 cm³/mol. The molecule has 3 nitrogen and oxygen atoms in total. The Bertz CT molecular complexity index is 366. The van der Waals surface area contributed by atoms with E-state index < -0.39 is 0 Å². The fraction of sp³-hybridized carbons (Fsp3) is 0.812. The molecule has 3 heteroatoms. The summed E-state index contributed by atoms with van der Waals surface area (Å²) in [6, 6.07) is 3.40. The van der Waals surface area contributed by atoms with Crippen LogP contribution in [0.25, 0.3) is 0 Å². The summed E-state index contributed by atoms with van der Waals surface area (Å²) in [5.74, 6) is 0.699. The predicted octanol–water partition coefficient (Wildman–Crippen LogP) is 3.56. The fourth-order valence-corrected chi connectivity index (χ4v) is 3.13. The van der Waals surface area contributed by atoms with Crippen molar-refractivity contribution in [2.24, 2.45) is 5.92 Å². The van der Waals surface area contributed by atoms with Gasteiger partial charge in [0.1, 0.15) is 0 Å². The normalized spacial score (nSPS) is 20.4. The van der Waals surface area contributed by atoms with Crippen LogP contribution in [0.1, 0.15) is 64.1 Å². The van der Waals surface area contributed by atoms with E-state index in [9.17, 15) is 0 Å². The van der Waals surface area contributed by atoms with Gasteiger partial charge in [0, 0.05) is 18.7 Å². The number of nitrogens with one attached hydrogen (secondary N) is 1. The van der Waals surface area contributed by atoms with Crippen molar-refractivity contribution in [3.05, 3.63) is 18.0 Å². The highest BCUT2D eigenvalue weighted by atomic mass is 15.3. The Morgan fingerprint density at radius 3 is 2.74 bits per heavy atom. The molecule has 0 bridgehead atoms. The maximum atomic E-state index is 4.82. The summed E-state index contributed by atoms with van der Waals surface area (Å²) in [5, 5.41) is 8.26. The molecule has 19 heavy (non-hydrogen) atoms. The van der Waals surface area contributed by atoms with Crippen molar-refractivity contribution in [1.82, 2.24) is 15.1 Å². The SMILES string of the molecule is CCC(C)C(Cc1ccn(C2CCCCC2)n1)NC. The molecule has 1 aromatic rings. The van der Waals surface area contributed by atoms with Gasteiger partial charge in [-0.25, -0.2) is 0 Å². The second kappa shape index (κ2) is 7.09. The molecule has 1 fully saturated rings. The first-order chi connectivity index (χ1) is 9.24. The van der Waals surface area contributed by atoms with E-state index in [2.05, 4.69) is 43.2 Å². The minimum Gasteiger partial charge on any atom is -0.316 e. The number of nitrogens with zero attached hydrogens (tertiary/aromatic N) is 2. The van der Waals surface area contributed by atoms with Crippen molar-refractivity contribution in [3.8, 4) is 0 Å². The summed E-state index contributed by atoms with van der Waals surface area (Å²) in [7, 11) is 2.06. The third-order valence-corrected chi connectivity index (χ3v) is 4.74. The van der Waals surface area contributed by atoms with Crippen LogP contribution in [-0.2, 0) is 6.42 Å². The summed E-state index contributed by atoms with van der Waals surface area (Å²) in [6.45, 7) is 4.58. The molecule has 0 radical (unpaired) electrons. The molecule has 2 unspecified atom stereocenters. The molecule has 0 saturated heterocycles. The van der Waals surface area contributed by atoms with E-state index in [0.717, 1.165) is 6.42 Å². The molecule has 0 spiro atoms. The molecule has 108 valence electrons. The van der Waals surface area contributed by atoms with Crippen LogP contribution in [0.2, 0.25) is 0 Å². The van der Waals surface area contributed by atoms with Gasteiger partial charge in [-0.2, -0.15) is 5.10 Å². The average Bonchev–Trinajstić information content (AvgIpc) is 2.93. The van der Waals surface area contributed by atoms with Crippen LogP contribution >= 0.6 is 0 Å². The topological polar surface area (TPSA) is 29.9 Å². The largest absolute Gasteiger partial charge is 0.316 e. The van der Waals surface area contributed by atoms with Crippen LogP contribution in [0.3, 0.4) is 0 Å². The number of aromatic nitrogens is 2. The molecular formula is C16H29N3. The summed E-state index contributed by atoms with van der Waals surface area (Å²) in [6.07, 6.45) is 11.2. The Morgan fingerprint density at radius 1 is 1.37 bits per heavy atom. The maximum Gasteiger partial charge on any atom is 0.0640 e. The highest BCUT2D eigenvalue weighted by Crippen LogP contribution is 2.27. The zero-order chi connectivity index (χ0) is 13.7. The molecular weight excluding hydrogens is 234 g/mol. The first-order valence-corrected chi connectivity index (χ1v) is 7.96. The Kier molecular flexibility index (Phi) is 5.44. The van der Waals surface area contributed by atoms with Gasteiger partial charge in [0.15, 0.2) is 0 Å². The van der Waals surface area contributed by atoms with Gasteiger partial charge in [0.05, 0.1) is 11.7 Å². The number of rotatable bonds is 6. The standard InChI is InChI=1S/C16H29N3/c1-4-13(2)16(17-3)12-14-10-11-19(18-14)15-8-6-5-7-9-15/h10-11,13,15-17H,4-9,12H2,1-3H3. The van der Waals surface area contributed by atoms with E-state index in [1.807, 2.05) is 0 Å². The summed E-state index contributed by atoms with van der Waals surface area (Å²) in [4.78, 5) is 0.